The Morgan fingerprint density at radius 2 is 2.19 bits per heavy atom. The molecule has 21 heavy (non-hydrogen) atoms. The molecule has 1 heterocycles. The summed E-state index contributed by atoms with van der Waals surface area (Å²) < 4.78 is 7.58. The lowest BCUT2D eigenvalue weighted by atomic mass is 10.2. The second-order valence-electron chi connectivity index (χ2n) is 4.89. The topological polar surface area (TPSA) is 60.3 Å². The van der Waals surface area contributed by atoms with Crippen LogP contribution in [0.5, 0.6) is 0 Å². The zero-order valence-corrected chi connectivity index (χ0v) is 13.5. The lowest BCUT2D eigenvalue weighted by Gasteiger charge is -2.15. The van der Waals surface area contributed by atoms with E-state index in [-0.39, 0.29) is 23.9 Å². The van der Waals surface area contributed by atoms with E-state index in [0.29, 0.717) is 12.0 Å². The first-order valence-corrected chi connectivity index (χ1v) is 7.37. The summed E-state index contributed by atoms with van der Waals surface area (Å²) in [5.74, 6) is -0.118. The number of carbonyl (C=O) groups is 1. The van der Waals surface area contributed by atoms with Crippen LogP contribution in [0.3, 0.4) is 0 Å². The van der Waals surface area contributed by atoms with E-state index >= 15 is 0 Å². The summed E-state index contributed by atoms with van der Waals surface area (Å²) in [4.78, 5) is 23.9. The smallest absolute Gasteiger partial charge is 0.240 e. The summed E-state index contributed by atoms with van der Waals surface area (Å²) in [6.45, 7) is 2.50. The number of ether oxygens (including phenoxy) is 1. The summed E-state index contributed by atoms with van der Waals surface area (Å²) in [5.41, 5.74) is 0.677. The van der Waals surface area contributed by atoms with Crippen LogP contribution in [0.1, 0.15) is 6.92 Å². The number of carbonyl (C=O) groups excluding carboxylic acids is 1. The van der Waals surface area contributed by atoms with Gasteiger partial charge in [0.05, 0.1) is 12.1 Å². The SMILES string of the molecule is COC[C@@H](C)NC(=O)Cn1ccc(=O)c2cc(Br)ccc21. The van der Waals surface area contributed by atoms with Crippen molar-refractivity contribution in [3.8, 4) is 0 Å². The van der Waals surface area contributed by atoms with E-state index in [2.05, 4.69) is 21.2 Å². The van der Waals surface area contributed by atoms with E-state index in [4.69, 9.17) is 4.74 Å². The molecule has 2 aromatic rings. The molecule has 1 aromatic carbocycles. The minimum atomic E-state index is -0.118. The molecule has 2 rings (SSSR count). The number of hydrogen-bond acceptors (Lipinski definition) is 3. The summed E-state index contributed by atoms with van der Waals surface area (Å²) in [6, 6.07) is 6.86. The molecule has 6 heteroatoms. The molecule has 0 aliphatic carbocycles. The highest BCUT2D eigenvalue weighted by atomic mass is 79.9. The van der Waals surface area contributed by atoms with Crippen molar-refractivity contribution in [3.63, 3.8) is 0 Å². The van der Waals surface area contributed by atoms with Gasteiger partial charge in [-0.15, -0.1) is 0 Å². The number of benzene rings is 1. The molecule has 0 radical (unpaired) electrons. The molecule has 5 nitrogen and oxygen atoms in total. The number of aromatic nitrogens is 1. The van der Waals surface area contributed by atoms with Crippen LogP contribution in [0.2, 0.25) is 0 Å². The Morgan fingerprint density at radius 3 is 2.90 bits per heavy atom. The van der Waals surface area contributed by atoms with E-state index in [9.17, 15) is 9.59 Å². The van der Waals surface area contributed by atoms with Gasteiger partial charge in [-0.2, -0.15) is 0 Å². The maximum Gasteiger partial charge on any atom is 0.240 e. The Labute approximate surface area is 131 Å². The van der Waals surface area contributed by atoms with Crippen molar-refractivity contribution in [1.82, 2.24) is 9.88 Å². The van der Waals surface area contributed by atoms with Crippen molar-refractivity contribution in [3.05, 3.63) is 45.2 Å². The molecular weight excluding hydrogens is 336 g/mol. The molecule has 112 valence electrons. The Balaban J connectivity index is 2.25. The third-order valence-electron chi connectivity index (χ3n) is 3.08. The first-order chi connectivity index (χ1) is 10.0. The molecule has 0 spiro atoms. The van der Waals surface area contributed by atoms with E-state index in [1.54, 1.807) is 23.9 Å². The maximum absolute atomic E-state index is 12.0. The average molecular weight is 353 g/mol. The standard InChI is InChI=1S/C15H17BrN2O3/c1-10(9-21-2)17-15(20)8-18-6-5-14(19)12-7-11(16)3-4-13(12)18/h3-7,10H,8-9H2,1-2H3,(H,17,20)/t10-/m1/s1. The quantitative estimate of drug-likeness (QED) is 0.894. The van der Waals surface area contributed by atoms with E-state index in [1.807, 2.05) is 19.1 Å². The second kappa shape index (κ2) is 6.87. The first-order valence-electron chi connectivity index (χ1n) is 6.58. The Morgan fingerprint density at radius 1 is 1.43 bits per heavy atom. The zero-order valence-electron chi connectivity index (χ0n) is 11.9. The van der Waals surface area contributed by atoms with Crippen LogP contribution < -0.4 is 10.7 Å². The minimum absolute atomic E-state index is 0.0534. The van der Waals surface area contributed by atoms with Gasteiger partial charge < -0.3 is 14.6 Å². The molecular formula is C15H17BrN2O3. The van der Waals surface area contributed by atoms with Crippen molar-refractivity contribution in [2.24, 2.45) is 0 Å². The fourth-order valence-corrected chi connectivity index (χ4v) is 2.55. The molecule has 0 aliphatic heterocycles. The van der Waals surface area contributed by atoms with Gasteiger partial charge >= 0.3 is 0 Å². The van der Waals surface area contributed by atoms with Gasteiger partial charge in [0, 0.05) is 35.3 Å². The number of amides is 1. The largest absolute Gasteiger partial charge is 0.383 e. The number of hydrogen-bond donors (Lipinski definition) is 1. The molecule has 1 amide bonds. The van der Waals surface area contributed by atoms with Crippen LogP contribution in [-0.2, 0) is 16.1 Å². The monoisotopic (exact) mass is 352 g/mol. The molecule has 0 fully saturated rings. The Kier molecular flexibility index (Phi) is 5.14. The van der Waals surface area contributed by atoms with Crippen LogP contribution in [0, 0.1) is 0 Å². The van der Waals surface area contributed by atoms with Gasteiger partial charge in [-0.05, 0) is 25.1 Å². The summed E-state index contributed by atoms with van der Waals surface area (Å²) in [7, 11) is 1.59. The molecule has 0 saturated heterocycles. The van der Waals surface area contributed by atoms with Gasteiger partial charge in [0.15, 0.2) is 5.43 Å². The van der Waals surface area contributed by atoms with Crippen LogP contribution in [0.15, 0.2) is 39.7 Å². The molecule has 0 unspecified atom stereocenters. The third-order valence-corrected chi connectivity index (χ3v) is 3.57. The predicted molar refractivity (Wildman–Crippen MR) is 85.4 cm³/mol. The van der Waals surface area contributed by atoms with E-state index < -0.39 is 0 Å². The van der Waals surface area contributed by atoms with Crippen molar-refractivity contribution < 1.29 is 9.53 Å². The first kappa shape index (κ1) is 15.7. The third kappa shape index (κ3) is 3.92. The minimum Gasteiger partial charge on any atom is -0.383 e. The molecule has 1 aromatic heterocycles. The molecule has 1 N–H and O–H groups in total. The van der Waals surface area contributed by atoms with Crippen molar-refractivity contribution >= 4 is 32.7 Å². The molecule has 0 bridgehead atoms. The van der Waals surface area contributed by atoms with Crippen LogP contribution >= 0.6 is 15.9 Å². The van der Waals surface area contributed by atoms with Crippen molar-refractivity contribution in [2.45, 2.75) is 19.5 Å². The zero-order chi connectivity index (χ0) is 15.4. The van der Waals surface area contributed by atoms with Crippen molar-refractivity contribution in [1.29, 1.82) is 0 Å². The lowest BCUT2D eigenvalue weighted by molar-refractivity contribution is -0.122. The number of fused-ring (bicyclic) bond motifs is 1. The highest BCUT2D eigenvalue weighted by molar-refractivity contribution is 9.10. The van der Waals surface area contributed by atoms with Gasteiger partial charge in [-0.1, -0.05) is 15.9 Å². The number of rotatable bonds is 5. The van der Waals surface area contributed by atoms with Gasteiger partial charge in [0.1, 0.15) is 6.54 Å². The normalized spacial score (nSPS) is 12.3. The predicted octanol–water partition coefficient (Wildman–Crippen LogP) is 1.92. The fraction of sp³-hybridized carbons (Fsp3) is 0.333. The van der Waals surface area contributed by atoms with E-state index in [1.165, 1.54) is 6.07 Å². The highest BCUT2D eigenvalue weighted by Crippen LogP contribution is 2.16. The number of methoxy groups -OCH3 is 1. The number of nitrogens with one attached hydrogen (secondary N) is 1. The van der Waals surface area contributed by atoms with Crippen LogP contribution in [-0.4, -0.2) is 30.2 Å². The number of nitrogens with zero attached hydrogens (tertiary/aromatic N) is 1. The van der Waals surface area contributed by atoms with Gasteiger partial charge in [-0.25, -0.2) is 0 Å². The van der Waals surface area contributed by atoms with Crippen LogP contribution in [0.4, 0.5) is 0 Å². The average Bonchev–Trinajstić information content (AvgIpc) is 2.42. The number of halogens is 1. The molecule has 1 atom stereocenters. The van der Waals surface area contributed by atoms with Gasteiger partial charge in [-0.3, -0.25) is 9.59 Å². The molecule has 0 saturated carbocycles. The molecule has 0 aliphatic rings. The van der Waals surface area contributed by atoms with Gasteiger partial charge in [0.2, 0.25) is 5.91 Å². The fourth-order valence-electron chi connectivity index (χ4n) is 2.19. The summed E-state index contributed by atoms with van der Waals surface area (Å²) >= 11 is 3.35. The lowest BCUT2D eigenvalue weighted by Crippen LogP contribution is -2.37. The number of pyridine rings is 1. The van der Waals surface area contributed by atoms with Gasteiger partial charge in [0.25, 0.3) is 0 Å². The second-order valence-corrected chi connectivity index (χ2v) is 5.81. The Bertz CT molecular complexity index is 712. The summed E-state index contributed by atoms with van der Waals surface area (Å²) in [6.07, 6.45) is 1.64. The van der Waals surface area contributed by atoms with Crippen LogP contribution in [0.25, 0.3) is 10.9 Å². The Hall–Kier alpha value is -1.66. The maximum atomic E-state index is 12.0. The highest BCUT2D eigenvalue weighted by Gasteiger charge is 2.10. The van der Waals surface area contributed by atoms with Crippen molar-refractivity contribution in [2.75, 3.05) is 13.7 Å². The van der Waals surface area contributed by atoms with E-state index in [0.717, 1.165) is 9.99 Å². The summed E-state index contributed by atoms with van der Waals surface area (Å²) in [5, 5.41) is 3.44.